The molecule has 0 bridgehead atoms. The Morgan fingerprint density at radius 1 is 1.24 bits per heavy atom. The molecule has 5 rings (SSSR count). The van der Waals surface area contributed by atoms with Gasteiger partial charge in [-0.25, -0.2) is 14.8 Å². The van der Waals surface area contributed by atoms with Crippen LogP contribution in [0.3, 0.4) is 0 Å². The van der Waals surface area contributed by atoms with Gasteiger partial charge in [-0.1, -0.05) is 31.5 Å². The van der Waals surface area contributed by atoms with Gasteiger partial charge in [-0.05, 0) is 49.9 Å². The molecular weight excluding hydrogens is 438 g/mol. The van der Waals surface area contributed by atoms with E-state index in [1.807, 2.05) is 57.8 Å². The SMILES string of the molecule is CCN1C[C@H](C(C)C)N(c2ccnc(NC3(c4cn(-c5cccc(Cl)c5)cn4)CC3)n2)C1=O. The quantitative estimate of drug-likeness (QED) is 0.547. The molecule has 1 saturated carbocycles. The van der Waals surface area contributed by atoms with Crippen LogP contribution in [0.15, 0.2) is 49.1 Å². The monoisotopic (exact) mass is 465 g/mol. The number of halogens is 1. The van der Waals surface area contributed by atoms with Crippen LogP contribution in [0.2, 0.25) is 5.02 Å². The Bertz CT molecular complexity index is 1170. The van der Waals surface area contributed by atoms with Crippen LogP contribution in [0.5, 0.6) is 0 Å². The number of carbonyl (C=O) groups is 1. The van der Waals surface area contributed by atoms with Crippen molar-refractivity contribution in [2.24, 2.45) is 5.92 Å². The Morgan fingerprint density at radius 3 is 2.76 bits per heavy atom. The first-order chi connectivity index (χ1) is 15.9. The molecular formula is C24H28ClN7O. The van der Waals surface area contributed by atoms with Crippen molar-refractivity contribution in [3.63, 3.8) is 0 Å². The summed E-state index contributed by atoms with van der Waals surface area (Å²) in [7, 11) is 0. The van der Waals surface area contributed by atoms with Crippen molar-refractivity contribution in [1.29, 1.82) is 0 Å². The summed E-state index contributed by atoms with van der Waals surface area (Å²) < 4.78 is 1.97. The number of urea groups is 1. The number of imidazole rings is 1. The normalized spacial score (nSPS) is 19.4. The van der Waals surface area contributed by atoms with Gasteiger partial charge in [0.2, 0.25) is 5.95 Å². The molecule has 1 aliphatic heterocycles. The largest absolute Gasteiger partial charge is 0.343 e. The first-order valence-electron chi connectivity index (χ1n) is 11.4. The average molecular weight is 466 g/mol. The fourth-order valence-corrected chi connectivity index (χ4v) is 4.58. The van der Waals surface area contributed by atoms with Crippen molar-refractivity contribution in [1.82, 2.24) is 24.4 Å². The molecule has 0 radical (unpaired) electrons. The highest BCUT2D eigenvalue weighted by Crippen LogP contribution is 2.47. The first kappa shape index (κ1) is 21.7. The van der Waals surface area contributed by atoms with Gasteiger partial charge in [0, 0.05) is 36.2 Å². The number of likely N-dealkylation sites (N-methyl/N-ethyl adjacent to an activating group) is 1. The maximum absolute atomic E-state index is 13.0. The van der Waals surface area contributed by atoms with E-state index in [0.29, 0.717) is 35.8 Å². The van der Waals surface area contributed by atoms with E-state index in [1.54, 1.807) is 12.5 Å². The van der Waals surface area contributed by atoms with E-state index in [4.69, 9.17) is 16.6 Å². The Hall–Kier alpha value is -3.13. The fourth-order valence-electron chi connectivity index (χ4n) is 4.40. The molecule has 0 unspecified atom stereocenters. The summed E-state index contributed by atoms with van der Waals surface area (Å²) in [5.41, 5.74) is 1.60. The second-order valence-electron chi connectivity index (χ2n) is 9.09. The number of nitrogens with one attached hydrogen (secondary N) is 1. The van der Waals surface area contributed by atoms with Gasteiger partial charge in [0.25, 0.3) is 0 Å². The summed E-state index contributed by atoms with van der Waals surface area (Å²) in [4.78, 5) is 30.5. The van der Waals surface area contributed by atoms with E-state index in [2.05, 4.69) is 29.1 Å². The third-order valence-electron chi connectivity index (χ3n) is 6.53. The summed E-state index contributed by atoms with van der Waals surface area (Å²) in [6.45, 7) is 7.68. The molecule has 1 saturated heterocycles. The molecule has 33 heavy (non-hydrogen) atoms. The van der Waals surface area contributed by atoms with Gasteiger partial charge in [0.15, 0.2) is 0 Å². The zero-order chi connectivity index (χ0) is 23.2. The highest BCUT2D eigenvalue weighted by molar-refractivity contribution is 6.30. The van der Waals surface area contributed by atoms with Gasteiger partial charge >= 0.3 is 6.03 Å². The molecule has 9 heteroatoms. The smallest absolute Gasteiger partial charge is 0.326 e. The minimum atomic E-state index is -0.301. The van der Waals surface area contributed by atoms with E-state index >= 15 is 0 Å². The van der Waals surface area contributed by atoms with Crippen LogP contribution in [-0.2, 0) is 5.54 Å². The summed E-state index contributed by atoms with van der Waals surface area (Å²) in [6, 6.07) is 9.58. The molecule has 1 aliphatic carbocycles. The standard InChI is InChI=1S/C24H28ClN7O/c1-4-30-13-19(16(2)3)32(23(30)33)21-8-11-26-22(28-21)29-24(9-10-24)20-14-31(15-27-20)18-7-5-6-17(25)12-18/h5-8,11-12,14-16,19H,4,9-10,13H2,1-3H3,(H,26,28,29)/t19-/m1/s1. The highest BCUT2D eigenvalue weighted by Gasteiger charge is 2.47. The van der Waals surface area contributed by atoms with Gasteiger partial charge < -0.3 is 14.8 Å². The minimum absolute atomic E-state index is 0.00208. The molecule has 3 heterocycles. The number of hydrogen-bond donors (Lipinski definition) is 1. The number of aromatic nitrogens is 4. The molecule has 0 spiro atoms. The zero-order valence-electron chi connectivity index (χ0n) is 19.1. The lowest BCUT2D eigenvalue weighted by Crippen LogP contribution is -2.38. The Kier molecular flexibility index (Phi) is 5.48. The van der Waals surface area contributed by atoms with Gasteiger partial charge in [0.05, 0.1) is 23.6 Å². The summed E-state index contributed by atoms with van der Waals surface area (Å²) in [6.07, 6.45) is 7.41. The van der Waals surface area contributed by atoms with E-state index in [1.165, 1.54) is 0 Å². The van der Waals surface area contributed by atoms with Crippen LogP contribution in [-0.4, -0.2) is 49.6 Å². The van der Waals surface area contributed by atoms with E-state index in [0.717, 1.165) is 24.2 Å². The van der Waals surface area contributed by atoms with Crippen molar-refractivity contribution in [3.05, 3.63) is 59.8 Å². The summed E-state index contributed by atoms with van der Waals surface area (Å²) in [5.74, 6) is 1.46. The van der Waals surface area contributed by atoms with Crippen molar-refractivity contribution < 1.29 is 4.79 Å². The van der Waals surface area contributed by atoms with Gasteiger partial charge in [-0.2, -0.15) is 4.98 Å². The maximum Gasteiger partial charge on any atom is 0.326 e. The number of hydrogen-bond acceptors (Lipinski definition) is 5. The van der Waals surface area contributed by atoms with Crippen LogP contribution >= 0.6 is 11.6 Å². The number of amides is 2. The molecule has 1 N–H and O–H groups in total. The lowest BCUT2D eigenvalue weighted by atomic mass is 10.0. The molecule has 2 fully saturated rings. The van der Waals surface area contributed by atoms with Crippen molar-refractivity contribution in [3.8, 4) is 5.69 Å². The topological polar surface area (TPSA) is 79.2 Å². The number of carbonyl (C=O) groups excluding carboxylic acids is 1. The number of anilines is 2. The lowest BCUT2D eigenvalue weighted by Gasteiger charge is -2.25. The third kappa shape index (κ3) is 4.04. The first-order valence-corrected chi connectivity index (χ1v) is 11.8. The zero-order valence-corrected chi connectivity index (χ0v) is 19.8. The van der Waals surface area contributed by atoms with Crippen LogP contribution in [0.1, 0.15) is 39.3 Å². The molecule has 8 nitrogen and oxygen atoms in total. The van der Waals surface area contributed by atoms with Gasteiger partial charge in [0.1, 0.15) is 5.82 Å². The predicted octanol–water partition coefficient (Wildman–Crippen LogP) is 4.70. The summed E-state index contributed by atoms with van der Waals surface area (Å²) in [5, 5.41) is 4.18. The van der Waals surface area contributed by atoms with E-state index < -0.39 is 0 Å². The van der Waals surface area contributed by atoms with E-state index in [9.17, 15) is 4.79 Å². The summed E-state index contributed by atoms with van der Waals surface area (Å²) >= 11 is 6.14. The number of rotatable bonds is 7. The molecule has 2 aliphatic rings. The minimum Gasteiger partial charge on any atom is -0.343 e. The Morgan fingerprint density at radius 2 is 2.06 bits per heavy atom. The predicted molar refractivity (Wildman–Crippen MR) is 129 cm³/mol. The fraction of sp³-hybridized carbons (Fsp3) is 0.417. The molecule has 2 aromatic heterocycles. The van der Waals surface area contributed by atoms with Crippen molar-refractivity contribution in [2.45, 2.75) is 45.2 Å². The van der Waals surface area contributed by atoms with Crippen LogP contribution in [0.4, 0.5) is 16.6 Å². The maximum atomic E-state index is 13.0. The average Bonchev–Trinajstić information content (AvgIpc) is 3.25. The Balaban J connectivity index is 1.39. The second kappa shape index (κ2) is 8.33. The second-order valence-corrected chi connectivity index (χ2v) is 9.53. The van der Waals surface area contributed by atoms with E-state index in [-0.39, 0.29) is 17.6 Å². The molecule has 3 aromatic rings. The number of benzene rings is 1. The van der Waals surface area contributed by atoms with Crippen LogP contribution in [0.25, 0.3) is 5.69 Å². The lowest BCUT2D eigenvalue weighted by molar-refractivity contribution is 0.222. The van der Waals surface area contributed by atoms with Crippen molar-refractivity contribution in [2.75, 3.05) is 23.3 Å². The van der Waals surface area contributed by atoms with Crippen molar-refractivity contribution >= 4 is 29.4 Å². The van der Waals surface area contributed by atoms with Gasteiger partial charge in [-0.15, -0.1) is 0 Å². The third-order valence-corrected chi connectivity index (χ3v) is 6.77. The number of nitrogens with zero attached hydrogens (tertiary/aromatic N) is 6. The highest BCUT2D eigenvalue weighted by atomic mass is 35.5. The Labute approximate surface area is 198 Å². The molecule has 1 atom stereocenters. The molecule has 1 aromatic carbocycles. The molecule has 2 amide bonds. The van der Waals surface area contributed by atoms with Crippen LogP contribution < -0.4 is 10.2 Å². The molecule has 172 valence electrons. The van der Waals surface area contributed by atoms with Crippen LogP contribution in [0, 0.1) is 5.92 Å². The van der Waals surface area contributed by atoms with Gasteiger partial charge in [-0.3, -0.25) is 4.90 Å².